The molecule has 1 atom stereocenters. The average Bonchev–Trinajstić information content (AvgIpc) is 3.47. The maximum atomic E-state index is 13.3. The molecule has 1 unspecified atom stereocenters. The van der Waals surface area contributed by atoms with Crippen LogP contribution in [0.2, 0.25) is 0 Å². The molecule has 1 aromatic heterocycles. The minimum Gasteiger partial charge on any atom is -0.496 e. The Hall–Kier alpha value is -6.23. The summed E-state index contributed by atoms with van der Waals surface area (Å²) in [5.41, 5.74) is 4.18. The Balaban J connectivity index is 0.871. The van der Waals surface area contributed by atoms with Crippen LogP contribution in [-0.4, -0.2) is 114 Å². The highest BCUT2D eigenvalue weighted by Crippen LogP contribution is 2.40. The van der Waals surface area contributed by atoms with Gasteiger partial charge in [0.15, 0.2) is 0 Å². The van der Waals surface area contributed by atoms with Crippen LogP contribution in [0.25, 0.3) is 11.1 Å². The topological polar surface area (TPSA) is 198 Å². The third kappa shape index (κ3) is 8.24. The monoisotopic (exact) mass is 811 g/mol. The van der Waals surface area contributed by atoms with Gasteiger partial charge in [0.25, 0.3) is 17.4 Å². The molecule has 3 N–H and O–H groups in total. The molecule has 59 heavy (non-hydrogen) atoms. The number of nitrogens with one attached hydrogen (secondary N) is 3. The molecule has 2 fully saturated rings. The molecule has 0 spiro atoms. The van der Waals surface area contributed by atoms with E-state index < -0.39 is 29.7 Å². The number of pyridine rings is 1. The third-order valence-corrected chi connectivity index (χ3v) is 11.4. The molecular formula is C42H49N7O10. The number of methoxy groups -OCH3 is 2. The van der Waals surface area contributed by atoms with Crippen LogP contribution in [0, 0.1) is 0 Å². The minimum atomic E-state index is -1.05. The zero-order valence-corrected chi connectivity index (χ0v) is 33.7. The van der Waals surface area contributed by atoms with Crippen LogP contribution in [0.3, 0.4) is 0 Å². The largest absolute Gasteiger partial charge is 0.496 e. The summed E-state index contributed by atoms with van der Waals surface area (Å²) in [5, 5.41) is 7.95. The van der Waals surface area contributed by atoms with Gasteiger partial charge in [-0.25, -0.2) is 4.79 Å². The van der Waals surface area contributed by atoms with Crippen LogP contribution >= 0.6 is 0 Å². The van der Waals surface area contributed by atoms with Crippen molar-refractivity contribution >= 4 is 35.6 Å². The zero-order valence-electron chi connectivity index (χ0n) is 33.7. The highest BCUT2D eigenvalue weighted by Gasteiger charge is 2.46. The van der Waals surface area contributed by atoms with Crippen molar-refractivity contribution in [2.75, 3.05) is 47.5 Å². The number of carbonyl (C=O) groups excluding carboxylic acids is 6. The summed E-state index contributed by atoms with van der Waals surface area (Å²) in [5.74, 6) is -0.766. The average molecular weight is 812 g/mol. The van der Waals surface area contributed by atoms with Crippen LogP contribution in [0.4, 0.5) is 4.79 Å². The van der Waals surface area contributed by atoms with Crippen LogP contribution in [0.5, 0.6) is 17.2 Å². The number of urea groups is 1. The number of aryl methyl sites for hydroxylation is 1. The maximum Gasteiger partial charge on any atom is 0.317 e. The van der Waals surface area contributed by atoms with Crippen molar-refractivity contribution in [3.63, 3.8) is 0 Å². The Morgan fingerprint density at radius 1 is 0.881 bits per heavy atom. The molecule has 0 radical (unpaired) electrons. The molecule has 2 aromatic carbocycles. The van der Waals surface area contributed by atoms with Crippen LogP contribution < -0.4 is 35.7 Å². The quantitative estimate of drug-likeness (QED) is 0.159. The Labute approximate surface area is 340 Å². The minimum absolute atomic E-state index is 0.0182. The van der Waals surface area contributed by atoms with Gasteiger partial charge in [0, 0.05) is 81.6 Å². The molecule has 2 saturated heterocycles. The number of fused-ring (bicyclic) bond motifs is 2. The number of piperidine rings is 1. The molecule has 312 valence electrons. The van der Waals surface area contributed by atoms with E-state index in [1.165, 1.54) is 10.6 Å². The molecule has 0 bridgehead atoms. The highest BCUT2D eigenvalue weighted by molar-refractivity contribution is 6.24. The number of aromatic nitrogens is 1. The highest BCUT2D eigenvalue weighted by atomic mass is 16.5. The normalized spacial score (nSPS) is 17.9. The van der Waals surface area contributed by atoms with Gasteiger partial charge < -0.3 is 34.3 Å². The fraction of sp³-hybridized carbons (Fsp3) is 0.452. The molecular weight excluding hydrogens is 763 g/mol. The van der Waals surface area contributed by atoms with Gasteiger partial charge >= 0.3 is 6.03 Å². The Morgan fingerprint density at radius 2 is 1.66 bits per heavy atom. The Bertz CT molecular complexity index is 2270. The van der Waals surface area contributed by atoms with E-state index in [0.29, 0.717) is 75.3 Å². The SMILES string of the molecule is CNC(=O)N1CCc2c(-c3cc(OC)c(CN4CC(NC(=O)CCCCCOc5cccc6c5C(=O)N(C5CCC(=O)NC5=O)C6=O)C4)cc3OC)cn(C)c(=O)c2C1. The van der Waals surface area contributed by atoms with E-state index in [2.05, 4.69) is 20.9 Å². The summed E-state index contributed by atoms with van der Waals surface area (Å²) in [6.07, 6.45) is 4.79. The fourth-order valence-electron chi connectivity index (χ4n) is 8.34. The Morgan fingerprint density at radius 3 is 2.39 bits per heavy atom. The van der Waals surface area contributed by atoms with Gasteiger partial charge in [-0.15, -0.1) is 0 Å². The number of carbonyl (C=O) groups is 6. The number of ether oxygens (including phenoxy) is 3. The number of unbranched alkanes of at least 4 members (excludes halogenated alkanes) is 2. The van der Waals surface area contributed by atoms with E-state index in [0.717, 1.165) is 27.2 Å². The second-order valence-electron chi connectivity index (χ2n) is 15.3. The lowest BCUT2D eigenvalue weighted by atomic mass is 9.91. The Kier molecular flexibility index (Phi) is 12.0. The summed E-state index contributed by atoms with van der Waals surface area (Å²) < 4.78 is 19.2. The molecule has 0 aliphatic carbocycles. The van der Waals surface area contributed by atoms with Crippen LogP contribution in [0.1, 0.15) is 75.9 Å². The van der Waals surface area contributed by atoms with Crippen molar-refractivity contribution < 1.29 is 43.0 Å². The van der Waals surface area contributed by atoms with Crippen molar-refractivity contribution in [3.8, 4) is 28.4 Å². The first-order valence-electron chi connectivity index (χ1n) is 19.8. The van der Waals surface area contributed by atoms with Crippen molar-refractivity contribution in [1.82, 2.24) is 35.2 Å². The lowest BCUT2D eigenvalue weighted by Gasteiger charge is -2.40. The number of hydrogen-bond acceptors (Lipinski definition) is 11. The molecule has 7 amide bonds. The molecule has 0 saturated carbocycles. The van der Waals surface area contributed by atoms with Crippen molar-refractivity contribution in [2.24, 2.45) is 7.05 Å². The van der Waals surface area contributed by atoms with Crippen LogP contribution in [-0.2, 0) is 40.9 Å². The van der Waals surface area contributed by atoms with E-state index in [9.17, 15) is 33.6 Å². The smallest absolute Gasteiger partial charge is 0.317 e. The fourth-order valence-corrected chi connectivity index (χ4v) is 8.34. The van der Waals surface area contributed by atoms with Crippen LogP contribution in [0.15, 0.2) is 41.3 Å². The summed E-state index contributed by atoms with van der Waals surface area (Å²) >= 11 is 0. The molecule has 17 nitrogen and oxygen atoms in total. The third-order valence-electron chi connectivity index (χ3n) is 11.4. The number of benzene rings is 2. The summed E-state index contributed by atoms with van der Waals surface area (Å²) in [6.45, 7) is 2.90. The van der Waals surface area contributed by atoms with E-state index in [-0.39, 0.29) is 66.4 Å². The van der Waals surface area contributed by atoms with Gasteiger partial charge in [0.1, 0.15) is 23.3 Å². The number of hydrogen-bond donors (Lipinski definition) is 3. The molecule has 7 rings (SSSR count). The lowest BCUT2D eigenvalue weighted by molar-refractivity contribution is -0.136. The van der Waals surface area contributed by atoms with Gasteiger partial charge in [-0.05, 0) is 61.9 Å². The predicted octanol–water partition coefficient (Wildman–Crippen LogP) is 2.11. The predicted molar refractivity (Wildman–Crippen MR) is 213 cm³/mol. The number of likely N-dealkylation sites (tertiary alicyclic amines) is 1. The summed E-state index contributed by atoms with van der Waals surface area (Å²) in [7, 11) is 6.50. The van der Waals surface area contributed by atoms with Gasteiger partial charge in [-0.1, -0.05) is 6.07 Å². The maximum absolute atomic E-state index is 13.3. The number of imide groups is 2. The first-order chi connectivity index (χ1) is 28.4. The van der Waals surface area contributed by atoms with Gasteiger partial charge in [0.2, 0.25) is 17.7 Å². The molecule has 4 aliphatic rings. The standard InChI is InChI=1S/C42H49N7O10/c1-43-42(56)48-15-14-26-29(22-46(2)39(53)30(26)23-48)28-18-33(57-3)24(17-34(28)58-4)19-47-20-25(21-47)44-35(50)11-6-5-7-16-59-32-10-8-9-27-37(32)41(55)49(40(27)54)31-12-13-36(51)45-38(31)52/h8-10,17-18,22,25,31H,5-7,11-16,19-21,23H2,1-4H3,(H,43,56)(H,44,50)(H,45,51,52). The lowest BCUT2D eigenvalue weighted by Crippen LogP contribution is -2.58. The second-order valence-corrected chi connectivity index (χ2v) is 15.3. The second kappa shape index (κ2) is 17.3. The van der Waals surface area contributed by atoms with Gasteiger partial charge in [-0.2, -0.15) is 0 Å². The number of amides is 7. The van der Waals surface area contributed by atoms with Gasteiger partial charge in [-0.3, -0.25) is 43.9 Å². The van der Waals surface area contributed by atoms with Gasteiger partial charge in [0.05, 0.1) is 44.5 Å². The molecule has 5 heterocycles. The van der Waals surface area contributed by atoms with E-state index in [1.807, 2.05) is 18.3 Å². The van der Waals surface area contributed by atoms with E-state index in [1.54, 1.807) is 45.3 Å². The van der Waals surface area contributed by atoms with E-state index in [4.69, 9.17) is 14.2 Å². The number of nitrogens with zero attached hydrogens (tertiary/aromatic N) is 4. The molecule has 4 aliphatic heterocycles. The van der Waals surface area contributed by atoms with Crippen molar-refractivity contribution in [2.45, 2.75) is 70.1 Å². The van der Waals surface area contributed by atoms with Crippen molar-refractivity contribution in [3.05, 3.63) is 74.7 Å². The van der Waals surface area contributed by atoms with Crippen molar-refractivity contribution in [1.29, 1.82) is 0 Å². The first kappa shape index (κ1) is 40.9. The molecule has 3 aromatic rings. The zero-order chi connectivity index (χ0) is 42.0. The van der Waals surface area contributed by atoms with E-state index >= 15 is 0 Å². The summed E-state index contributed by atoms with van der Waals surface area (Å²) in [6, 6.07) is 7.40. The first-order valence-corrected chi connectivity index (χ1v) is 19.8. The number of rotatable bonds is 14. The molecule has 17 heteroatoms. The summed E-state index contributed by atoms with van der Waals surface area (Å²) in [4.78, 5) is 93.4.